The highest BCUT2D eigenvalue weighted by Crippen LogP contribution is 2.22. The molecule has 0 saturated heterocycles. The van der Waals surface area contributed by atoms with Gasteiger partial charge in [0.05, 0.1) is 0 Å². The molecule has 5 heteroatoms. The Kier molecular flexibility index (Phi) is 4.93. The summed E-state index contributed by atoms with van der Waals surface area (Å²) in [6.07, 6.45) is 5.10. The monoisotopic (exact) mass is 293 g/mol. The van der Waals surface area contributed by atoms with Gasteiger partial charge in [-0.15, -0.1) is 0 Å². The van der Waals surface area contributed by atoms with Gasteiger partial charge in [0.25, 0.3) is 0 Å². The number of hydrogen-bond donors (Lipinski definition) is 3. The van der Waals surface area contributed by atoms with Crippen LogP contribution in [0.5, 0.6) is 0 Å². The van der Waals surface area contributed by atoms with E-state index in [1.807, 2.05) is 20.8 Å². The van der Waals surface area contributed by atoms with Crippen LogP contribution in [0.3, 0.4) is 0 Å². The Balaban J connectivity index is 1.92. The summed E-state index contributed by atoms with van der Waals surface area (Å²) in [5, 5.41) is 2.85. The fraction of sp³-hybridized carbons (Fsp3) is 0.688. The second kappa shape index (κ2) is 6.52. The van der Waals surface area contributed by atoms with Gasteiger partial charge in [-0.3, -0.25) is 0 Å². The van der Waals surface area contributed by atoms with Crippen LogP contribution in [-0.4, -0.2) is 29.3 Å². The van der Waals surface area contributed by atoms with Gasteiger partial charge in [-0.1, -0.05) is 0 Å². The van der Waals surface area contributed by atoms with Gasteiger partial charge in [-0.05, 0) is 58.1 Å². The molecule has 21 heavy (non-hydrogen) atoms. The predicted molar refractivity (Wildman–Crippen MR) is 83.4 cm³/mol. The normalized spacial score (nSPS) is 16.2. The Hall–Kier alpha value is -1.49. The zero-order valence-electron chi connectivity index (χ0n) is 13.3. The van der Waals surface area contributed by atoms with Gasteiger partial charge in [0.2, 0.25) is 0 Å². The van der Waals surface area contributed by atoms with Gasteiger partial charge in [0.15, 0.2) is 0 Å². The zero-order valence-corrected chi connectivity index (χ0v) is 13.3. The molecule has 2 rings (SSSR count). The molecule has 1 unspecified atom stereocenters. The lowest BCUT2D eigenvalue weighted by Gasteiger charge is -2.22. The number of carbonyl (C=O) groups excluding carboxylic acids is 1. The number of H-pyrrole nitrogens is 1. The second-order valence-corrected chi connectivity index (χ2v) is 6.79. The summed E-state index contributed by atoms with van der Waals surface area (Å²) in [4.78, 5) is 15.3. The minimum absolute atomic E-state index is 0.111. The van der Waals surface area contributed by atoms with Crippen LogP contribution in [-0.2, 0) is 24.0 Å². The summed E-state index contributed by atoms with van der Waals surface area (Å²) >= 11 is 0. The van der Waals surface area contributed by atoms with Crippen LogP contribution in [0.1, 0.15) is 50.6 Å². The quantitative estimate of drug-likeness (QED) is 0.796. The number of carbonyl (C=O) groups is 1. The first-order valence-corrected chi connectivity index (χ1v) is 7.76. The van der Waals surface area contributed by atoms with E-state index in [9.17, 15) is 4.79 Å². The highest BCUT2D eigenvalue weighted by atomic mass is 16.6. The number of hydrogen-bond acceptors (Lipinski definition) is 3. The number of rotatable bonds is 4. The van der Waals surface area contributed by atoms with Crippen molar-refractivity contribution in [2.75, 3.05) is 6.54 Å². The van der Waals surface area contributed by atoms with Crippen molar-refractivity contribution >= 4 is 6.09 Å². The third-order valence-corrected chi connectivity index (χ3v) is 3.64. The van der Waals surface area contributed by atoms with Crippen LogP contribution < -0.4 is 11.1 Å². The van der Waals surface area contributed by atoms with Gasteiger partial charge in [-0.25, -0.2) is 4.79 Å². The standard InChI is InChI=1S/C16H27N3O2/c1-16(2,3)21-15(20)19-13(10-17)9-12-8-11-6-4-5-7-14(11)18-12/h8,13,18H,4-7,9-10,17H2,1-3H3,(H,19,20). The number of aryl methyl sites for hydroxylation is 2. The summed E-state index contributed by atoms with van der Waals surface area (Å²) in [7, 11) is 0. The molecule has 0 fully saturated rings. The molecule has 0 radical (unpaired) electrons. The largest absolute Gasteiger partial charge is 0.444 e. The molecule has 0 aromatic carbocycles. The number of nitrogens with one attached hydrogen (secondary N) is 2. The number of aromatic amines is 1. The molecule has 1 aromatic rings. The number of alkyl carbamates (subject to hydrolysis) is 1. The molecule has 1 aliphatic rings. The van der Waals surface area contributed by atoms with Crippen LogP contribution in [0.25, 0.3) is 0 Å². The van der Waals surface area contributed by atoms with E-state index in [0.29, 0.717) is 13.0 Å². The summed E-state index contributed by atoms with van der Waals surface area (Å²) in [5.74, 6) is 0. The summed E-state index contributed by atoms with van der Waals surface area (Å²) in [5.41, 5.74) is 9.20. The maximum Gasteiger partial charge on any atom is 0.407 e. The summed E-state index contributed by atoms with van der Waals surface area (Å²) in [6.45, 7) is 5.94. The lowest BCUT2D eigenvalue weighted by molar-refractivity contribution is 0.0506. The highest BCUT2D eigenvalue weighted by molar-refractivity contribution is 5.68. The van der Waals surface area contributed by atoms with E-state index in [2.05, 4.69) is 16.4 Å². The molecule has 4 N–H and O–H groups in total. The molecule has 1 aromatic heterocycles. The van der Waals surface area contributed by atoms with E-state index < -0.39 is 11.7 Å². The van der Waals surface area contributed by atoms with E-state index in [1.54, 1.807) is 0 Å². The van der Waals surface area contributed by atoms with Crippen molar-refractivity contribution in [2.45, 2.75) is 64.5 Å². The molecule has 0 spiro atoms. The Morgan fingerprint density at radius 3 is 2.76 bits per heavy atom. The van der Waals surface area contributed by atoms with Crippen molar-refractivity contribution < 1.29 is 9.53 Å². The fourth-order valence-electron chi connectivity index (χ4n) is 2.71. The molecule has 1 aliphatic carbocycles. The van der Waals surface area contributed by atoms with Gasteiger partial charge < -0.3 is 20.8 Å². The van der Waals surface area contributed by atoms with Crippen LogP contribution >= 0.6 is 0 Å². The minimum atomic E-state index is -0.491. The molecule has 0 saturated carbocycles. The lowest BCUT2D eigenvalue weighted by Crippen LogP contribution is -2.44. The van der Waals surface area contributed by atoms with E-state index in [-0.39, 0.29) is 6.04 Å². The van der Waals surface area contributed by atoms with E-state index in [4.69, 9.17) is 10.5 Å². The average Bonchev–Trinajstić information content (AvgIpc) is 2.77. The van der Waals surface area contributed by atoms with Crippen molar-refractivity contribution in [1.29, 1.82) is 0 Å². The van der Waals surface area contributed by atoms with Crippen LogP contribution in [0, 0.1) is 0 Å². The van der Waals surface area contributed by atoms with Crippen LogP contribution in [0.2, 0.25) is 0 Å². The summed E-state index contributed by atoms with van der Waals surface area (Å²) < 4.78 is 5.27. The van der Waals surface area contributed by atoms with Crippen molar-refractivity contribution in [3.63, 3.8) is 0 Å². The number of aromatic nitrogens is 1. The smallest absolute Gasteiger partial charge is 0.407 e. The molecular weight excluding hydrogens is 266 g/mol. The number of amides is 1. The molecular formula is C16H27N3O2. The second-order valence-electron chi connectivity index (χ2n) is 6.79. The van der Waals surface area contributed by atoms with Gasteiger partial charge >= 0.3 is 6.09 Å². The Labute approximate surface area is 126 Å². The van der Waals surface area contributed by atoms with E-state index in [1.165, 1.54) is 24.1 Å². The Morgan fingerprint density at radius 2 is 2.14 bits per heavy atom. The predicted octanol–water partition coefficient (Wildman–Crippen LogP) is 2.29. The van der Waals surface area contributed by atoms with Crippen LogP contribution in [0.4, 0.5) is 4.79 Å². The topological polar surface area (TPSA) is 80.1 Å². The molecule has 118 valence electrons. The maximum absolute atomic E-state index is 11.8. The minimum Gasteiger partial charge on any atom is -0.444 e. The van der Waals surface area contributed by atoms with Crippen LogP contribution in [0.15, 0.2) is 6.07 Å². The van der Waals surface area contributed by atoms with Gasteiger partial charge in [0, 0.05) is 30.4 Å². The maximum atomic E-state index is 11.8. The lowest BCUT2D eigenvalue weighted by atomic mass is 9.98. The molecule has 0 bridgehead atoms. The number of ether oxygens (including phenoxy) is 1. The first kappa shape index (κ1) is 15.9. The Morgan fingerprint density at radius 1 is 1.43 bits per heavy atom. The fourth-order valence-corrected chi connectivity index (χ4v) is 2.71. The number of fused-ring (bicyclic) bond motifs is 1. The zero-order chi connectivity index (χ0) is 15.5. The van der Waals surface area contributed by atoms with Crippen molar-refractivity contribution in [2.24, 2.45) is 5.73 Å². The average molecular weight is 293 g/mol. The number of nitrogens with two attached hydrogens (primary N) is 1. The van der Waals surface area contributed by atoms with E-state index in [0.717, 1.165) is 18.5 Å². The first-order chi connectivity index (χ1) is 9.87. The molecule has 5 nitrogen and oxygen atoms in total. The third kappa shape index (κ3) is 4.77. The van der Waals surface area contributed by atoms with Crippen molar-refractivity contribution in [3.8, 4) is 0 Å². The molecule has 0 aliphatic heterocycles. The Bertz CT molecular complexity index is 465. The molecule has 1 atom stereocenters. The van der Waals surface area contributed by atoms with Crippen molar-refractivity contribution in [1.82, 2.24) is 10.3 Å². The summed E-state index contributed by atoms with van der Waals surface area (Å²) in [6, 6.07) is 2.11. The SMILES string of the molecule is CC(C)(C)OC(=O)NC(CN)Cc1cc2c([nH]1)CCCC2. The molecule has 1 amide bonds. The van der Waals surface area contributed by atoms with E-state index >= 15 is 0 Å². The highest BCUT2D eigenvalue weighted by Gasteiger charge is 2.20. The van der Waals surface area contributed by atoms with Crippen molar-refractivity contribution in [3.05, 3.63) is 23.0 Å². The first-order valence-electron chi connectivity index (χ1n) is 7.76. The molecule has 1 heterocycles. The van der Waals surface area contributed by atoms with Gasteiger partial charge in [-0.2, -0.15) is 0 Å². The van der Waals surface area contributed by atoms with Gasteiger partial charge in [0.1, 0.15) is 5.60 Å². The third-order valence-electron chi connectivity index (χ3n) is 3.64.